The summed E-state index contributed by atoms with van der Waals surface area (Å²) in [6.07, 6.45) is -3.72. The van der Waals surface area contributed by atoms with Crippen molar-refractivity contribution >= 4 is 28.9 Å². The Morgan fingerprint density at radius 1 is 1.18 bits per heavy atom. The summed E-state index contributed by atoms with van der Waals surface area (Å²) < 4.78 is 53.5. The van der Waals surface area contributed by atoms with Crippen LogP contribution in [0.1, 0.15) is 11.1 Å². The smallest absolute Gasteiger partial charge is 0.472 e. The van der Waals surface area contributed by atoms with Gasteiger partial charge in [-0.1, -0.05) is 11.6 Å². The highest BCUT2D eigenvalue weighted by Gasteiger charge is 2.44. The number of ether oxygens (including phenoxy) is 2. The van der Waals surface area contributed by atoms with Crippen LogP contribution in [-0.2, 0) is 11.8 Å². The molecule has 0 fully saturated rings. The summed E-state index contributed by atoms with van der Waals surface area (Å²) in [6.45, 7) is 3.78. The molecule has 7 nitrogen and oxygen atoms in total. The molecule has 0 unspecified atom stereocenters. The number of hydrogen-bond acceptors (Lipinski definition) is 5. The van der Waals surface area contributed by atoms with Gasteiger partial charge in [-0.25, -0.2) is 0 Å². The van der Waals surface area contributed by atoms with Gasteiger partial charge in [-0.15, -0.1) is 0 Å². The first-order chi connectivity index (χ1) is 16.0. The van der Waals surface area contributed by atoms with E-state index in [-0.39, 0.29) is 29.5 Å². The van der Waals surface area contributed by atoms with Gasteiger partial charge in [-0.3, -0.25) is 14.4 Å². The maximum atomic E-state index is 13.7. The van der Waals surface area contributed by atoms with Crippen LogP contribution < -0.4 is 20.1 Å². The Balaban J connectivity index is 2.26. The molecule has 182 valence electrons. The Bertz CT molecular complexity index is 1170. The van der Waals surface area contributed by atoms with Crippen molar-refractivity contribution in [2.24, 2.45) is 12.8 Å². The zero-order chi connectivity index (χ0) is 25.2. The molecular weight excluding hydrogens is 473 g/mol. The molecule has 0 bridgehead atoms. The molecule has 0 aliphatic heterocycles. The fraction of sp³-hybridized carbons (Fsp3) is 0.304. The number of rotatable bonds is 7. The minimum absolute atomic E-state index is 0.0290. The van der Waals surface area contributed by atoms with E-state index in [4.69, 9.17) is 26.8 Å². The van der Waals surface area contributed by atoms with E-state index in [0.717, 1.165) is 0 Å². The molecule has 0 atom stereocenters. The first-order valence-electron chi connectivity index (χ1n) is 10.2. The van der Waals surface area contributed by atoms with Gasteiger partial charge in [0, 0.05) is 24.8 Å². The molecule has 0 saturated heterocycles. The third-order valence-corrected chi connectivity index (χ3v) is 5.38. The predicted octanol–water partition coefficient (Wildman–Crippen LogP) is 4.93. The number of hydrogen-bond donors (Lipinski definition) is 1. The summed E-state index contributed by atoms with van der Waals surface area (Å²) in [6, 6.07) is 7.19. The van der Waals surface area contributed by atoms with E-state index in [2.05, 4.69) is 5.10 Å². The molecule has 3 rings (SSSR count). The molecule has 1 aromatic heterocycles. The van der Waals surface area contributed by atoms with Crippen LogP contribution in [-0.4, -0.2) is 42.1 Å². The SMILES string of the molecule is COc1c(C)cc(N(C(=O)C(F)(F)F)c2ccc(OCCN)c(-c3c(Cl)cnn3C)c2)cc1C. The molecule has 11 heteroatoms. The lowest BCUT2D eigenvalue weighted by atomic mass is 10.1. The second-order valence-corrected chi connectivity index (χ2v) is 7.94. The van der Waals surface area contributed by atoms with Crippen molar-refractivity contribution < 1.29 is 27.4 Å². The van der Waals surface area contributed by atoms with Crippen LogP contribution in [0, 0.1) is 13.8 Å². The zero-order valence-corrected chi connectivity index (χ0v) is 19.8. The van der Waals surface area contributed by atoms with Gasteiger partial charge in [0.2, 0.25) is 0 Å². The second kappa shape index (κ2) is 9.94. The number of anilines is 2. The minimum Gasteiger partial charge on any atom is -0.496 e. The van der Waals surface area contributed by atoms with Crippen molar-refractivity contribution in [1.82, 2.24) is 9.78 Å². The Kier molecular flexibility index (Phi) is 7.42. The summed E-state index contributed by atoms with van der Waals surface area (Å²) in [5, 5.41) is 4.36. The Hall–Kier alpha value is -3.24. The highest BCUT2D eigenvalue weighted by Crippen LogP contribution is 2.41. The summed E-state index contributed by atoms with van der Waals surface area (Å²) in [7, 11) is 3.10. The Morgan fingerprint density at radius 3 is 2.32 bits per heavy atom. The second-order valence-electron chi connectivity index (χ2n) is 7.53. The van der Waals surface area contributed by atoms with Gasteiger partial charge in [0.15, 0.2) is 0 Å². The predicted molar refractivity (Wildman–Crippen MR) is 124 cm³/mol. The fourth-order valence-electron chi connectivity index (χ4n) is 3.74. The van der Waals surface area contributed by atoms with Crippen molar-refractivity contribution in [2.45, 2.75) is 20.0 Å². The highest BCUT2D eigenvalue weighted by molar-refractivity contribution is 6.33. The van der Waals surface area contributed by atoms with Crippen LogP contribution in [0.3, 0.4) is 0 Å². The van der Waals surface area contributed by atoms with Crippen LogP contribution in [0.2, 0.25) is 5.02 Å². The van der Waals surface area contributed by atoms with Gasteiger partial charge < -0.3 is 15.2 Å². The van der Waals surface area contributed by atoms with E-state index in [0.29, 0.717) is 38.8 Å². The number of carbonyl (C=O) groups is 1. The topological polar surface area (TPSA) is 82.6 Å². The van der Waals surface area contributed by atoms with Crippen molar-refractivity contribution in [1.29, 1.82) is 0 Å². The van der Waals surface area contributed by atoms with E-state index in [1.807, 2.05) is 0 Å². The first kappa shape index (κ1) is 25.4. The van der Waals surface area contributed by atoms with Crippen LogP contribution in [0.15, 0.2) is 36.5 Å². The molecule has 0 saturated carbocycles. The number of nitrogens with zero attached hydrogens (tertiary/aromatic N) is 3. The fourth-order valence-corrected chi connectivity index (χ4v) is 4.01. The third-order valence-electron chi connectivity index (χ3n) is 5.10. The number of carbonyl (C=O) groups excluding carboxylic acids is 1. The third kappa shape index (κ3) is 4.97. The standard InChI is InChI=1S/C23H24ClF3N4O3/c1-13-9-16(10-14(2)21(13)33-4)31(22(32)23(25,26)27)15-5-6-19(34-8-7-28)17(11-15)20-18(24)12-29-30(20)3/h5-6,9-12H,7-8,28H2,1-4H3. The van der Waals surface area contributed by atoms with E-state index in [1.165, 1.54) is 48.3 Å². The molecule has 0 radical (unpaired) electrons. The lowest BCUT2D eigenvalue weighted by molar-refractivity contribution is -0.169. The quantitative estimate of drug-likeness (QED) is 0.501. The normalized spacial score (nSPS) is 11.4. The maximum Gasteiger partial charge on any atom is 0.472 e. The molecule has 1 heterocycles. The lowest BCUT2D eigenvalue weighted by Gasteiger charge is -2.26. The summed E-state index contributed by atoms with van der Waals surface area (Å²) in [4.78, 5) is 13.2. The molecule has 3 aromatic rings. The van der Waals surface area contributed by atoms with Crippen molar-refractivity contribution in [3.63, 3.8) is 0 Å². The number of aryl methyl sites for hydroxylation is 3. The number of methoxy groups -OCH3 is 1. The van der Waals surface area contributed by atoms with Crippen molar-refractivity contribution in [2.75, 3.05) is 25.2 Å². The van der Waals surface area contributed by atoms with E-state index in [1.54, 1.807) is 20.9 Å². The van der Waals surface area contributed by atoms with E-state index in [9.17, 15) is 18.0 Å². The molecule has 0 spiro atoms. The highest BCUT2D eigenvalue weighted by atomic mass is 35.5. The van der Waals surface area contributed by atoms with Crippen LogP contribution in [0.25, 0.3) is 11.3 Å². The number of amides is 1. The van der Waals surface area contributed by atoms with Crippen LogP contribution in [0.4, 0.5) is 24.5 Å². The Labute approximate surface area is 199 Å². The first-order valence-corrected chi connectivity index (χ1v) is 10.6. The number of nitrogens with two attached hydrogens (primary N) is 1. The molecule has 34 heavy (non-hydrogen) atoms. The minimum atomic E-state index is -5.12. The van der Waals surface area contributed by atoms with Crippen molar-refractivity contribution in [3.05, 3.63) is 52.7 Å². The van der Waals surface area contributed by atoms with Crippen molar-refractivity contribution in [3.8, 4) is 22.8 Å². The van der Waals surface area contributed by atoms with Gasteiger partial charge in [0.25, 0.3) is 0 Å². The average molecular weight is 497 g/mol. The number of benzene rings is 2. The largest absolute Gasteiger partial charge is 0.496 e. The van der Waals surface area contributed by atoms with Gasteiger partial charge in [-0.05, 0) is 55.3 Å². The lowest BCUT2D eigenvalue weighted by Crippen LogP contribution is -2.38. The van der Waals surface area contributed by atoms with Gasteiger partial charge >= 0.3 is 12.1 Å². The van der Waals surface area contributed by atoms with Gasteiger partial charge in [-0.2, -0.15) is 18.3 Å². The van der Waals surface area contributed by atoms with Gasteiger partial charge in [0.1, 0.15) is 18.1 Å². The average Bonchev–Trinajstić information content (AvgIpc) is 3.09. The summed E-state index contributed by atoms with van der Waals surface area (Å²) >= 11 is 6.31. The van der Waals surface area contributed by atoms with Crippen LogP contribution in [0.5, 0.6) is 11.5 Å². The molecule has 0 aliphatic rings. The molecule has 0 aliphatic carbocycles. The molecule has 1 amide bonds. The monoisotopic (exact) mass is 496 g/mol. The number of aromatic nitrogens is 2. The summed E-state index contributed by atoms with van der Waals surface area (Å²) in [5.74, 6) is -1.19. The van der Waals surface area contributed by atoms with Gasteiger partial charge in [0.05, 0.1) is 29.7 Å². The van der Waals surface area contributed by atoms with E-state index < -0.39 is 12.1 Å². The number of alkyl halides is 3. The number of halogens is 4. The molecule has 2 aromatic carbocycles. The summed E-state index contributed by atoms with van der Waals surface area (Å²) in [5.41, 5.74) is 7.48. The molecule has 2 N–H and O–H groups in total. The maximum absolute atomic E-state index is 13.7. The Morgan fingerprint density at radius 2 is 1.82 bits per heavy atom. The zero-order valence-electron chi connectivity index (χ0n) is 19.0. The van der Waals surface area contributed by atoms with Crippen LogP contribution >= 0.6 is 11.6 Å². The van der Waals surface area contributed by atoms with E-state index >= 15 is 0 Å². The molecular formula is C23H24ClF3N4O3.